The van der Waals surface area contributed by atoms with E-state index in [1.807, 2.05) is 0 Å². The van der Waals surface area contributed by atoms with Crippen LogP contribution >= 0.6 is 11.8 Å². The van der Waals surface area contributed by atoms with Gasteiger partial charge in [-0.25, -0.2) is 9.37 Å². The molecule has 2 aromatic rings. The molecular weight excluding hydrogens is 303 g/mol. The smallest absolute Gasteiger partial charge is 0.208 e. The van der Waals surface area contributed by atoms with Crippen LogP contribution in [-0.4, -0.2) is 58.2 Å². The molecule has 0 radical (unpaired) electrons. The summed E-state index contributed by atoms with van der Waals surface area (Å²) in [4.78, 5) is 6.73. The summed E-state index contributed by atoms with van der Waals surface area (Å²) in [6.45, 7) is 5.80. The van der Waals surface area contributed by atoms with Gasteiger partial charge in [0, 0.05) is 25.4 Å². The van der Waals surface area contributed by atoms with E-state index >= 15 is 0 Å². The van der Waals surface area contributed by atoms with Crippen molar-refractivity contribution in [1.29, 1.82) is 0 Å². The van der Waals surface area contributed by atoms with Crippen molar-refractivity contribution < 1.29 is 9.13 Å². The molecule has 1 N–H and O–H groups in total. The third-order valence-electron chi connectivity index (χ3n) is 3.56. The molecule has 1 aromatic heterocycles. The summed E-state index contributed by atoms with van der Waals surface area (Å²) in [5.74, 6) is 1.08. The minimum Gasteiger partial charge on any atom is -0.376 e. The molecule has 0 aliphatic carbocycles. The van der Waals surface area contributed by atoms with Gasteiger partial charge in [-0.05, 0) is 19.1 Å². The fourth-order valence-electron chi connectivity index (χ4n) is 2.44. The Morgan fingerprint density at radius 2 is 2.32 bits per heavy atom. The van der Waals surface area contributed by atoms with Crippen molar-refractivity contribution in [3.63, 3.8) is 0 Å². The number of halogens is 1. The lowest BCUT2D eigenvalue weighted by Crippen LogP contribution is -2.42. The SMILES string of the molecule is C[C@@H]1CN(CCSc2n[nH]c(-c3ccccc3F)n2)CCO1. The van der Waals surface area contributed by atoms with Crippen molar-refractivity contribution >= 4 is 11.8 Å². The molecule has 2 heterocycles. The number of benzene rings is 1. The van der Waals surface area contributed by atoms with Gasteiger partial charge in [0.25, 0.3) is 0 Å². The van der Waals surface area contributed by atoms with Crippen LogP contribution in [0.2, 0.25) is 0 Å². The zero-order valence-electron chi connectivity index (χ0n) is 12.5. The largest absolute Gasteiger partial charge is 0.376 e. The van der Waals surface area contributed by atoms with E-state index < -0.39 is 0 Å². The third kappa shape index (κ3) is 3.85. The molecule has 1 aliphatic heterocycles. The number of aromatic nitrogens is 3. The van der Waals surface area contributed by atoms with Crippen molar-refractivity contribution in [3.8, 4) is 11.4 Å². The summed E-state index contributed by atoms with van der Waals surface area (Å²) >= 11 is 1.58. The number of hydrogen-bond donors (Lipinski definition) is 1. The Morgan fingerprint density at radius 3 is 3.14 bits per heavy atom. The van der Waals surface area contributed by atoms with E-state index in [1.165, 1.54) is 6.07 Å². The number of thioether (sulfide) groups is 1. The van der Waals surface area contributed by atoms with Crippen LogP contribution in [0.25, 0.3) is 11.4 Å². The summed E-state index contributed by atoms with van der Waals surface area (Å²) in [7, 11) is 0. The maximum atomic E-state index is 13.7. The molecule has 118 valence electrons. The molecule has 1 aliphatic rings. The van der Waals surface area contributed by atoms with E-state index in [0.29, 0.717) is 22.6 Å². The van der Waals surface area contributed by atoms with Crippen LogP contribution in [0.1, 0.15) is 6.92 Å². The first kappa shape index (κ1) is 15.5. The van der Waals surface area contributed by atoms with E-state index in [2.05, 4.69) is 27.0 Å². The molecule has 0 unspecified atom stereocenters. The maximum absolute atomic E-state index is 13.7. The molecule has 1 atom stereocenters. The fraction of sp³-hybridized carbons (Fsp3) is 0.467. The minimum atomic E-state index is -0.294. The van der Waals surface area contributed by atoms with E-state index in [4.69, 9.17) is 4.74 Å². The van der Waals surface area contributed by atoms with Gasteiger partial charge in [-0.15, -0.1) is 5.10 Å². The summed E-state index contributed by atoms with van der Waals surface area (Å²) < 4.78 is 19.2. The highest BCUT2D eigenvalue weighted by atomic mass is 32.2. The molecule has 3 rings (SSSR count). The molecular formula is C15H19FN4OS. The van der Waals surface area contributed by atoms with Gasteiger partial charge in [-0.1, -0.05) is 23.9 Å². The van der Waals surface area contributed by atoms with E-state index in [0.717, 1.165) is 32.0 Å². The van der Waals surface area contributed by atoms with Crippen molar-refractivity contribution in [2.24, 2.45) is 0 Å². The lowest BCUT2D eigenvalue weighted by molar-refractivity contribution is -0.0158. The standard InChI is InChI=1S/C15H19FN4OS/c1-11-10-20(6-8-21-11)7-9-22-15-17-14(18-19-15)12-4-2-3-5-13(12)16/h2-5,11H,6-10H2,1H3,(H,17,18,19)/t11-/m1/s1. The van der Waals surface area contributed by atoms with Crippen LogP contribution in [0.15, 0.2) is 29.4 Å². The van der Waals surface area contributed by atoms with Gasteiger partial charge in [0.1, 0.15) is 5.82 Å². The van der Waals surface area contributed by atoms with Gasteiger partial charge in [0.05, 0.1) is 18.3 Å². The summed E-state index contributed by atoms with van der Waals surface area (Å²) in [5.41, 5.74) is 0.448. The van der Waals surface area contributed by atoms with E-state index in [1.54, 1.807) is 30.0 Å². The summed E-state index contributed by atoms with van der Waals surface area (Å²) in [5, 5.41) is 7.60. The van der Waals surface area contributed by atoms with Crippen molar-refractivity contribution in [2.45, 2.75) is 18.2 Å². The monoisotopic (exact) mass is 322 g/mol. The van der Waals surface area contributed by atoms with Gasteiger partial charge in [-0.3, -0.25) is 10.00 Å². The summed E-state index contributed by atoms with van der Waals surface area (Å²) in [6.07, 6.45) is 0.301. The quantitative estimate of drug-likeness (QED) is 0.857. The maximum Gasteiger partial charge on any atom is 0.208 e. The first-order valence-corrected chi connectivity index (χ1v) is 8.35. The van der Waals surface area contributed by atoms with Gasteiger partial charge in [0.15, 0.2) is 5.82 Å². The normalized spacial score (nSPS) is 19.5. The van der Waals surface area contributed by atoms with Crippen LogP contribution < -0.4 is 0 Å². The Bertz CT molecular complexity index is 621. The van der Waals surface area contributed by atoms with Crippen LogP contribution in [0.4, 0.5) is 4.39 Å². The van der Waals surface area contributed by atoms with Crippen LogP contribution in [0.5, 0.6) is 0 Å². The van der Waals surface area contributed by atoms with Crippen LogP contribution in [0, 0.1) is 5.82 Å². The molecule has 1 aromatic carbocycles. The number of H-pyrrole nitrogens is 1. The Hall–Kier alpha value is -1.44. The fourth-order valence-corrected chi connectivity index (χ4v) is 3.24. The molecule has 1 saturated heterocycles. The average Bonchev–Trinajstić information content (AvgIpc) is 2.96. The number of morpholine rings is 1. The molecule has 0 bridgehead atoms. The third-order valence-corrected chi connectivity index (χ3v) is 4.39. The zero-order valence-corrected chi connectivity index (χ0v) is 13.3. The number of rotatable bonds is 5. The molecule has 22 heavy (non-hydrogen) atoms. The van der Waals surface area contributed by atoms with Crippen molar-refractivity contribution in [3.05, 3.63) is 30.1 Å². The molecule has 5 nitrogen and oxygen atoms in total. The first-order chi connectivity index (χ1) is 10.7. The van der Waals surface area contributed by atoms with E-state index in [9.17, 15) is 4.39 Å². The number of nitrogens with zero attached hydrogens (tertiary/aromatic N) is 3. The number of ether oxygens (including phenoxy) is 1. The molecule has 0 saturated carbocycles. The van der Waals surface area contributed by atoms with Crippen LogP contribution in [-0.2, 0) is 4.74 Å². The number of hydrogen-bond acceptors (Lipinski definition) is 5. The second kappa shape index (κ2) is 7.21. The second-order valence-electron chi connectivity index (χ2n) is 5.28. The van der Waals surface area contributed by atoms with Crippen molar-refractivity contribution in [1.82, 2.24) is 20.1 Å². The molecule has 0 amide bonds. The molecule has 0 spiro atoms. The van der Waals surface area contributed by atoms with Crippen LogP contribution in [0.3, 0.4) is 0 Å². The predicted octanol–water partition coefficient (Wildman–Crippen LogP) is 2.42. The first-order valence-electron chi connectivity index (χ1n) is 7.36. The Morgan fingerprint density at radius 1 is 1.45 bits per heavy atom. The van der Waals surface area contributed by atoms with Gasteiger partial charge >= 0.3 is 0 Å². The zero-order chi connectivity index (χ0) is 15.4. The number of aromatic amines is 1. The van der Waals surface area contributed by atoms with Gasteiger partial charge in [0.2, 0.25) is 5.16 Å². The predicted molar refractivity (Wildman–Crippen MR) is 84.4 cm³/mol. The van der Waals surface area contributed by atoms with Gasteiger partial charge < -0.3 is 4.74 Å². The van der Waals surface area contributed by atoms with Crippen molar-refractivity contribution in [2.75, 3.05) is 32.0 Å². The Labute approximate surface area is 133 Å². The van der Waals surface area contributed by atoms with E-state index in [-0.39, 0.29) is 5.82 Å². The number of nitrogens with one attached hydrogen (secondary N) is 1. The Balaban J connectivity index is 1.53. The second-order valence-corrected chi connectivity index (χ2v) is 6.34. The topological polar surface area (TPSA) is 54.0 Å². The highest BCUT2D eigenvalue weighted by Crippen LogP contribution is 2.21. The van der Waals surface area contributed by atoms with Gasteiger partial charge in [-0.2, -0.15) is 0 Å². The highest BCUT2D eigenvalue weighted by molar-refractivity contribution is 7.99. The highest BCUT2D eigenvalue weighted by Gasteiger charge is 2.16. The lowest BCUT2D eigenvalue weighted by atomic mass is 10.2. The Kier molecular flexibility index (Phi) is 5.07. The lowest BCUT2D eigenvalue weighted by Gasteiger charge is -2.30. The molecule has 1 fully saturated rings. The summed E-state index contributed by atoms with van der Waals surface area (Å²) in [6, 6.07) is 6.56. The minimum absolute atomic E-state index is 0.294. The average molecular weight is 322 g/mol. The molecule has 7 heteroatoms.